The summed E-state index contributed by atoms with van der Waals surface area (Å²) in [5.74, 6) is 1.26. The van der Waals surface area contributed by atoms with E-state index in [1.165, 1.54) is 5.56 Å². The highest BCUT2D eigenvalue weighted by molar-refractivity contribution is 9.09. The van der Waals surface area contributed by atoms with E-state index in [-0.39, 0.29) is 0 Å². The van der Waals surface area contributed by atoms with Crippen LogP contribution in [0, 0.1) is 5.92 Å². The highest BCUT2D eigenvalue weighted by Crippen LogP contribution is 2.34. The van der Waals surface area contributed by atoms with Crippen molar-refractivity contribution < 1.29 is 4.74 Å². The minimum Gasteiger partial charge on any atom is -0.495 e. The monoisotopic (exact) mass is 276 g/mol. The molecule has 0 aromatic heterocycles. The average molecular weight is 278 g/mol. The average Bonchev–Trinajstić information content (AvgIpc) is 2.16. The molecule has 3 heteroatoms. The van der Waals surface area contributed by atoms with Crippen molar-refractivity contribution in [2.45, 2.75) is 18.7 Å². The fourth-order valence-electron chi connectivity index (χ4n) is 1.24. The fraction of sp³-hybridized carbons (Fsp3) is 0.455. The minimum absolute atomic E-state index is 0.339. The van der Waals surface area contributed by atoms with Crippen LogP contribution in [0.1, 0.15) is 24.2 Å². The van der Waals surface area contributed by atoms with Crippen LogP contribution in [-0.4, -0.2) is 7.11 Å². The van der Waals surface area contributed by atoms with Crippen molar-refractivity contribution in [2.75, 3.05) is 7.11 Å². The zero-order chi connectivity index (χ0) is 10.7. The smallest absolute Gasteiger partial charge is 0.137 e. The van der Waals surface area contributed by atoms with Gasteiger partial charge in [0.2, 0.25) is 0 Å². The zero-order valence-electron chi connectivity index (χ0n) is 8.55. The molecule has 0 heterocycles. The second-order valence-corrected chi connectivity index (χ2v) is 4.93. The third kappa shape index (κ3) is 2.64. The number of halogens is 2. The van der Waals surface area contributed by atoms with E-state index in [9.17, 15) is 0 Å². The molecule has 1 unspecified atom stereocenters. The fourth-order valence-corrected chi connectivity index (χ4v) is 1.79. The van der Waals surface area contributed by atoms with Crippen molar-refractivity contribution >= 4 is 27.5 Å². The van der Waals surface area contributed by atoms with Gasteiger partial charge < -0.3 is 4.74 Å². The lowest BCUT2D eigenvalue weighted by atomic mass is 10.0. The molecule has 1 aromatic rings. The Labute approximate surface area is 98.5 Å². The first-order chi connectivity index (χ1) is 6.56. The van der Waals surface area contributed by atoms with Crippen molar-refractivity contribution in [3.05, 3.63) is 28.8 Å². The van der Waals surface area contributed by atoms with Gasteiger partial charge in [0, 0.05) is 4.83 Å². The molecular weight excluding hydrogens is 263 g/mol. The Morgan fingerprint density at radius 3 is 2.43 bits per heavy atom. The normalized spacial score (nSPS) is 13.0. The summed E-state index contributed by atoms with van der Waals surface area (Å²) in [4.78, 5) is 0.339. The van der Waals surface area contributed by atoms with Crippen LogP contribution in [0.4, 0.5) is 0 Å². The van der Waals surface area contributed by atoms with Gasteiger partial charge in [-0.2, -0.15) is 0 Å². The lowest BCUT2D eigenvalue weighted by molar-refractivity contribution is 0.415. The molecule has 1 aromatic carbocycles. The van der Waals surface area contributed by atoms with Crippen LogP contribution in [0.25, 0.3) is 0 Å². The topological polar surface area (TPSA) is 9.23 Å². The summed E-state index contributed by atoms with van der Waals surface area (Å²) in [5.41, 5.74) is 1.19. The summed E-state index contributed by atoms with van der Waals surface area (Å²) in [6, 6.07) is 5.87. The van der Waals surface area contributed by atoms with Gasteiger partial charge in [0.05, 0.1) is 12.1 Å². The van der Waals surface area contributed by atoms with Crippen LogP contribution in [0.15, 0.2) is 18.2 Å². The summed E-state index contributed by atoms with van der Waals surface area (Å²) >= 11 is 9.66. The molecular formula is C11H14BrClO. The summed E-state index contributed by atoms with van der Waals surface area (Å²) < 4.78 is 5.09. The Morgan fingerprint density at radius 2 is 2.00 bits per heavy atom. The molecule has 0 saturated heterocycles. The number of hydrogen-bond donors (Lipinski definition) is 0. The van der Waals surface area contributed by atoms with Crippen molar-refractivity contribution in [3.63, 3.8) is 0 Å². The van der Waals surface area contributed by atoms with Crippen LogP contribution in [0.5, 0.6) is 5.75 Å². The molecule has 1 atom stereocenters. The number of alkyl halides is 1. The van der Waals surface area contributed by atoms with Gasteiger partial charge in [0.25, 0.3) is 0 Å². The summed E-state index contributed by atoms with van der Waals surface area (Å²) in [6.45, 7) is 4.33. The Balaban J connectivity index is 2.96. The van der Waals surface area contributed by atoms with Crippen molar-refractivity contribution in [2.24, 2.45) is 5.92 Å². The number of rotatable bonds is 3. The molecule has 0 aliphatic carbocycles. The summed E-state index contributed by atoms with van der Waals surface area (Å²) in [6.07, 6.45) is 0. The van der Waals surface area contributed by atoms with Gasteiger partial charge in [-0.1, -0.05) is 47.4 Å². The van der Waals surface area contributed by atoms with Gasteiger partial charge in [0.15, 0.2) is 0 Å². The third-order valence-electron chi connectivity index (χ3n) is 2.08. The molecule has 0 aliphatic heterocycles. The summed E-state index contributed by atoms with van der Waals surface area (Å²) in [7, 11) is 1.62. The van der Waals surface area contributed by atoms with Gasteiger partial charge >= 0.3 is 0 Å². The maximum atomic E-state index is 6.03. The molecule has 0 radical (unpaired) electrons. The first kappa shape index (κ1) is 11.9. The minimum atomic E-state index is 0.339. The Morgan fingerprint density at radius 1 is 1.36 bits per heavy atom. The lowest BCUT2D eigenvalue weighted by Gasteiger charge is -2.15. The molecule has 0 bridgehead atoms. The lowest BCUT2D eigenvalue weighted by Crippen LogP contribution is -1.98. The molecule has 78 valence electrons. The highest BCUT2D eigenvalue weighted by atomic mass is 79.9. The molecule has 0 fully saturated rings. The van der Waals surface area contributed by atoms with Gasteiger partial charge in [-0.3, -0.25) is 0 Å². The Hall–Kier alpha value is -0.210. The molecule has 1 rings (SSSR count). The largest absolute Gasteiger partial charge is 0.495 e. The standard InChI is InChI=1S/C11H14BrClO/c1-7(2)11(12)8-4-5-10(14-3)9(13)6-8/h4-7,11H,1-3H3. The van der Waals surface area contributed by atoms with E-state index < -0.39 is 0 Å². The first-order valence-corrected chi connectivity index (χ1v) is 5.83. The number of ether oxygens (including phenoxy) is 1. The van der Waals surface area contributed by atoms with E-state index in [0.29, 0.717) is 15.8 Å². The van der Waals surface area contributed by atoms with Gasteiger partial charge in [-0.25, -0.2) is 0 Å². The van der Waals surface area contributed by atoms with Gasteiger partial charge in [-0.05, 0) is 23.6 Å². The van der Waals surface area contributed by atoms with E-state index in [1.807, 2.05) is 18.2 Å². The van der Waals surface area contributed by atoms with Crippen LogP contribution in [-0.2, 0) is 0 Å². The highest BCUT2D eigenvalue weighted by Gasteiger charge is 2.13. The van der Waals surface area contributed by atoms with E-state index in [0.717, 1.165) is 5.75 Å². The van der Waals surface area contributed by atoms with Gasteiger partial charge in [0.1, 0.15) is 5.75 Å². The van der Waals surface area contributed by atoms with Crippen LogP contribution >= 0.6 is 27.5 Å². The SMILES string of the molecule is COc1ccc(C(Br)C(C)C)cc1Cl. The zero-order valence-corrected chi connectivity index (χ0v) is 10.9. The van der Waals surface area contributed by atoms with Crippen LogP contribution in [0.2, 0.25) is 5.02 Å². The molecule has 14 heavy (non-hydrogen) atoms. The van der Waals surface area contributed by atoms with Crippen molar-refractivity contribution in [1.29, 1.82) is 0 Å². The second-order valence-electron chi connectivity index (χ2n) is 3.54. The Kier molecular flexibility index (Phi) is 4.27. The Bertz CT molecular complexity index is 312. The van der Waals surface area contributed by atoms with E-state index in [1.54, 1.807) is 7.11 Å². The van der Waals surface area contributed by atoms with Crippen molar-refractivity contribution in [1.82, 2.24) is 0 Å². The molecule has 1 nitrogen and oxygen atoms in total. The maximum Gasteiger partial charge on any atom is 0.137 e. The molecule has 0 aliphatic rings. The number of methoxy groups -OCH3 is 1. The maximum absolute atomic E-state index is 6.03. The summed E-state index contributed by atoms with van der Waals surface area (Å²) in [5, 5.41) is 0.662. The second kappa shape index (κ2) is 5.04. The molecule has 0 saturated carbocycles. The quantitative estimate of drug-likeness (QED) is 0.742. The first-order valence-electron chi connectivity index (χ1n) is 4.53. The molecule has 0 N–H and O–H groups in total. The third-order valence-corrected chi connectivity index (χ3v) is 3.96. The van der Waals surface area contributed by atoms with Gasteiger partial charge in [-0.15, -0.1) is 0 Å². The van der Waals surface area contributed by atoms with Crippen LogP contribution < -0.4 is 4.74 Å². The van der Waals surface area contributed by atoms with E-state index >= 15 is 0 Å². The van der Waals surface area contributed by atoms with Crippen molar-refractivity contribution in [3.8, 4) is 5.75 Å². The number of hydrogen-bond acceptors (Lipinski definition) is 1. The number of benzene rings is 1. The molecule has 0 spiro atoms. The molecule has 0 amide bonds. The predicted molar refractivity (Wildman–Crippen MR) is 64.5 cm³/mol. The van der Waals surface area contributed by atoms with Crippen LogP contribution in [0.3, 0.4) is 0 Å². The predicted octanol–water partition coefficient (Wildman–Crippen LogP) is 4.44. The van der Waals surface area contributed by atoms with E-state index in [4.69, 9.17) is 16.3 Å². The van der Waals surface area contributed by atoms with E-state index in [2.05, 4.69) is 29.8 Å².